The Bertz CT molecular complexity index is 487. The van der Waals surface area contributed by atoms with Gasteiger partial charge in [-0.25, -0.2) is 4.39 Å². The molecule has 0 aliphatic heterocycles. The Kier molecular flexibility index (Phi) is 4.79. The molecule has 0 saturated heterocycles. The summed E-state index contributed by atoms with van der Waals surface area (Å²) in [6.07, 6.45) is 0.836. The van der Waals surface area contributed by atoms with Crippen LogP contribution in [0, 0.1) is 5.82 Å². The predicted molar refractivity (Wildman–Crippen MR) is 75.1 cm³/mol. The van der Waals surface area contributed by atoms with Crippen LogP contribution in [0.25, 0.3) is 0 Å². The number of halogens is 1. The summed E-state index contributed by atoms with van der Waals surface area (Å²) in [4.78, 5) is 0.680. The minimum atomic E-state index is -0.166. The first-order valence-electron chi connectivity index (χ1n) is 5.97. The molecule has 2 aromatic rings. The summed E-state index contributed by atoms with van der Waals surface area (Å²) in [5, 5.41) is 0.202. The highest BCUT2D eigenvalue weighted by atomic mass is 32.2. The van der Waals surface area contributed by atoms with Gasteiger partial charge in [-0.1, -0.05) is 42.5 Å². The molecule has 0 bridgehead atoms. The van der Waals surface area contributed by atoms with Crippen LogP contribution in [0.3, 0.4) is 0 Å². The van der Waals surface area contributed by atoms with Gasteiger partial charge in [0, 0.05) is 10.1 Å². The van der Waals surface area contributed by atoms with Crippen LogP contribution in [-0.4, -0.2) is 6.54 Å². The van der Waals surface area contributed by atoms with Gasteiger partial charge in [0.2, 0.25) is 0 Å². The van der Waals surface area contributed by atoms with E-state index in [9.17, 15) is 4.39 Å². The predicted octanol–water partition coefficient (Wildman–Crippen LogP) is 4.01. The lowest BCUT2D eigenvalue weighted by molar-refractivity contribution is 0.601. The van der Waals surface area contributed by atoms with E-state index in [0.29, 0.717) is 11.4 Å². The van der Waals surface area contributed by atoms with E-state index in [-0.39, 0.29) is 11.1 Å². The molecule has 1 unspecified atom stereocenters. The lowest BCUT2D eigenvalue weighted by atomic mass is 10.1. The third kappa shape index (κ3) is 3.34. The molecular formula is C15H16FNS. The van der Waals surface area contributed by atoms with E-state index in [1.54, 1.807) is 6.07 Å². The average Bonchev–Trinajstić information content (AvgIpc) is 2.42. The van der Waals surface area contributed by atoms with Gasteiger partial charge >= 0.3 is 0 Å². The molecule has 2 aromatic carbocycles. The molecule has 2 rings (SSSR count). The normalized spacial score (nSPS) is 12.3. The van der Waals surface area contributed by atoms with Crippen molar-refractivity contribution in [1.82, 2.24) is 0 Å². The van der Waals surface area contributed by atoms with Gasteiger partial charge in [-0.3, -0.25) is 0 Å². The minimum Gasteiger partial charge on any atom is -0.330 e. The van der Waals surface area contributed by atoms with Crippen molar-refractivity contribution < 1.29 is 4.39 Å². The summed E-state index contributed by atoms with van der Waals surface area (Å²) in [5.74, 6) is -0.166. The maximum absolute atomic E-state index is 13.7. The first kappa shape index (κ1) is 13.1. The van der Waals surface area contributed by atoms with Gasteiger partial charge in [0.15, 0.2) is 0 Å². The molecule has 18 heavy (non-hydrogen) atoms. The van der Waals surface area contributed by atoms with Crippen molar-refractivity contribution in [2.75, 3.05) is 6.54 Å². The Balaban J connectivity index is 2.19. The first-order chi connectivity index (χ1) is 8.81. The maximum atomic E-state index is 13.7. The van der Waals surface area contributed by atoms with Crippen LogP contribution >= 0.6 is 11.8 Å². The van der Waals surface area contributed by atoms with Crippen molar-refractivity contribution in [2.24, 2.45) is 5.73 Å². The Morgan fingerprint density at radius 1 is 1.00 bits per heavy atom. The van der Waals surface area contributed by atoms with Crippen molar-refractivity contribution >= 4 is 11.8 Å². The van der Waals surface area contributed by atoms with Crippen molar-refractivity contribution in [3.63, 3.8) is 0 Å². The topological polar surface area (TPSA) is 26.0 Å². The maximum Gasteiger partial charge on any atom is 0.136 e. The molecule has 94 valence electrons. The number of thioether (sulfide) groups is 1. The molecule has 0 aromatic heterocycles. The van der Waals surface area contributed by atoms with Gasteiger partial charge in [-0.2, -0.15) is 0 Å². The summed E-state index contributed by atoms with van der Waals surface area (Å²) < 4.78 is 13.7. The Morgan fingerprint density at radius 3 is 2.33 bits per heavy atom. The zero-order valence-corrected chi connectivity index (χ0v) is 10.9. The van der Waals surface area contributed by atoms with Crippen LogP contribution in [0.2, 0.25) is 0 Å². The molecule has 0 amide bonds. The summed E-state index contributed by atoms with van der Waals surface area (Å²) in [6.45, 7) is 0.598. The van der Waals surface area contributed by atoms with Crippen LogP contribution < -0.4 is 5.73 Å². The van der Waals surface area contributed by atoms with Gasteiger partial charge in [0.05, 0.1) is 0 Å². The smallest absolute Gasteiger partial charge is 0.136 e. The number of hydrogen-bond acceptors (Lipinski definition) is 2. The van der Waals surface area contributed by atoms with Crippen LogP contribution in [0.15, 0.2) is 59.5 Å². The van der Waals surface area contributed by atoms with Crippen LogP contribution in [0.4, 0.5) is 4.39 Å². The molecule has 0 radical (unpaired) electrons. The van der Waals surface area contributed by atoms with E-state index in [4.69, 9.17) is 5.73 Å². The second-order valence-electron chi connectivity index (χ2n) is 4.02. The second-order valence-corrected chi connectivity index (χ2v) is 5.27. The van der Waals surface area contributed by atoms with Gasteiger partial charge in [-0.05, 0) is 30.7 Å². The molecule has 2 N–H and O–H groups in total. The summed E-state index contributed by atoms with van der Waals surface area (Å²) in [6, 6.07) is 17.0. The van der Waals surface area contributed by atoms with E-state index in [2.05, 4.69) is 12.1 Å². The molecule has 0 saturated carbocycles. The fourth-order valence-electron chi connectivity index (χ4n) is 1.81. The molecule has 0 heterocycles. The summed E-state index contributed by atoms with van der Waals surface area (Å²) in [7, 11) is 0. The Labute approximate surface area is 111 Å². The van der Waals surface area contributed by atoms with E-state index in [1.807, 2.05) is 30.3 Å². The molecule has 0 aliphatic carbocycles. The first-order valence-corrected chi connectivity index (χ1v) is 6.85. The SMILES string of the molecule is NCCC(Sc1ccccc1F)c1ccccc1. The molecular weight excluding hydrogens is 245 g/mol. The van der Waals surface area contributed by atoms with Crippen molar-refractivity contribution in [3.8, 4) is 0 Å². The number of hydrogen-bond donors (Lipinski definition) is 1. The van der Waals surface area contributed by atoms with Gasteiger partial charge in [0.1, 0.15) is 5.82 Å². The lowest BCUT2D eigenvalue weighted by Crippen LogP contribution is -2.05. The minimum absolute atomic E-state index is 0.166. The highest BCUT2D eigenvalue weighted by molar-refractivity contribution is 7.99. The average molecular weight is 261 g/mol. The molecule has 3 heteroatoms. The van der Waals surface area contributed by atoms with E-state index >= 15 is 0 Å². The fourth-order valence-corrected chi connectivity index (χ4v) is 3.00. The highest BCUT2D eigenvalue weighted by Gasteiger charge is 2.14. The molecule has 1 atom stereocenters. The number of rotatable bonds is 5. The third-order valence-electron chi connectivity index (χ3n) is 2.71. The van der Waals surface area contributed by atoms with Crippen molar-refractivity contribution in [1.29, 1.82) is 0 Å². The molecule has 0 fully saturated rings. The monoisotopic (exact) mass is 261 g/mol. The van der Waals surface area contributed by atoms with Crippen molar-refractivity contribution in [2.45, 2.75) is 16.6 Å². The standard InChI is InChI=1S/C15H16FNS/c16-13-8-4-5-9-15(13)18-14(10-11-17)12-6-2-1-3-7-12/h1-9,14H,10-11,17H2. The van der Waals surface area contributed by atoms with Gasteiger partial charge in [-0.15, -0.1) is 11.8 Å². The number of benzene rings is 2. The largest absolute Gasteiger partial charge is 0.330 e. The Hall–Kier alpha value is -1.32. The third-order valence-corrected chi connectivity index (χ3v) is 4.08. The van der Waals surface area contributed by atoms with Crippen LogP contribution in [-0.2, 0) is 0 Å². The molecule has 0 spiro atoms. The van der Waals surface area contributed by atoms with Crippen LogP contribution in [0.5, 0.6) is 0 Å². The van der Waals surface area contributed by atoms with E-state index in [0.717, 1.165) is 6.42 Å². The lowest BCUT2D eigenvalue weighted by Gasteiger charge is -2.16. The quantitative estimate of drug-likeness (QED) is 0.823. The van der Waals surface area contributed by atoms with E-state index < -0.39 is 0 Å². The summed E-state index contributed by atoms with van der Waals surface area (Å²) >= 11 is 1.54. The fraction of sp³-hybridized carbons (Fsp3) is 0.200. The zero-order chi connectivity index (χ0) is 12.8. The zero-order valence-electron chi connectivity index (χ0n) is 10.1. The van der Waals surface area contributed by atoms with Crippen LogP contribution in [0.1, 0.15) is 17.2 Å². The van der Waals surface area contributed by atoms with Gasteiger partial charge in [0.25, 0.3) is 0 Å². The highest BCUT2D eigenvalue weighted by Crippen LogP contribution is 2.38. The van der Waals surface area contributed by atoms with Crippen molar-refractivity contribution in [3.05, 3.63) is 66.0 Å². The van der Waals surface area contributed by atoms with E-state index in [1.165, 1.54) is 23.4 Å². The Morgan fingerprint density at radius 2 is 1.67 bits per heavy atom. The second kappa shape index (κ2) is 6.57. The molecule has 1 nitrogen and oxygen atoms in total. The van der Waals surface area contributed by atoms with Gasteiger partial charge < -0.3 is 5.73 Å². The molecule has 0 aliphatic rings. The summed E-state index contributed by atoms with van der Waals surface area (Å²) in [5.41, 5.74) is 6.84. The number of nitrogens with two attached hydrogens (primary N) is 1.